The standard InChI is InChI=1S/C18H18BClN2O2S/c1-17(2)18(3,4)24-19(23-17)15-10-25-16(22-15)14-7-5-11-9-12(20)6-8-13(11)21-14/h5-10H,1-4H3. The van der Waals surface area contributed by atoms with Crippen LogP contribution in [0, 0.1) is 0 Å². The van der Waals surface area contributed by atoms with Crippen molar-refractivity contribution in [1.82, 2.24) is 9.97 Å². The van der Waals surface area contributed by atoms with Gasteiger partial charge in [0.1, 0.15) is 5.01 Å². The zero-order valence-corrected chi connectivity index (χ0v) is 16.1. The molecule has 1 aliphatic rings. The van der Waals surface area contributed by atoms with Crippen LogP contribution in [0.5, 0.6) is 0 Å². The SMILES string of the molecule is CC1(C)OB(c2csc(-c3ccc4cc(Cl)ccc4n3)n2)OC1(C)C. The van der Waals surface area contributed by atoms with E-state index in [4.69, 9.17) is 30.9 Å². The summed E-state index contributed by atoms with van der Waals surface area (Å²) in [5.74, 6) is 0. The van der Waals surface area contributed by atoms with Gasteiger partial charge in [0.05, 0.1) is 28.0 Å². The molecule has 3 heterocycles. The van der Waals surface area contributed by atoms with Crippen LogP contribution in [0.1, 0.15) is 27.7 Å². The van der Waals surface area contributed by atoms with Gasteiger partial charge < -0.3 is 9.31 Å². The Morgan fingerprint density at radius 3 is 2.44 bits per heavy atom. The average Bonchev–Trinajstić information content (AvgIpc) is 3.10. The highest BCUT2D eigenvalue weighted by molar-refractivity contribution is 7.14. The van der Waals surface area contributed by atoms with Crippen LogP contribution >= 0.6 is 22.9 Å². The minimum absolute atomic E-state index is 0.373. The van der Waals surface area contributed by atoms with E-state index in [1.54, 1.807) is 11.3 Å². The molecule has 1 aliphatic heterocycles. The van der Waals surface area contributed by atoms with E-state index in [1.807, 2.05) is 63.4 Å². The molecule has 0 amide bonds. The van der Waals surface area contributed by atoms with Crippen LogP contribution < -0.4 is 5.59 Å². The molecule has 7 heteroatoms. The maximum atomic E-state index is 6.07. The van der Waals surface area contributed by atoms with Crippen LogP contribution in [0.3, 0.4) is 0 Å². The Balaban J connectivity index is 1.65. The van der Waals surface area contributed by atoms with Gasteiger partial charge in [-0.3, -0.25) is 0 Å². The molecule has 0 aliphatic carbocycles. The number of fused-ring (bicyclic) bond motifs is 1. The first-order valence-electron chi connectivity index (χ1n) is 8.13. The van der Waals surface area contributed by atoms with Crippen LogP contribution in [0.2, 0.25) is 5.02 Å². The molecule has 3 aromatic rings. The van der Waals surface area contributed by atoms with E-state index >= 15 is 0 Å². The number of hydrogen-bond acceptors (Lipinski definition) is 5. The summed E-state index contributed by atoms with van der Waals surface area (Å²) in [4.78, 5) is 9.39. The van der Waals surface area contributed by atoms with Gasteiger partial charge in [-0.15, -0.1) is 11.3 Å². The lowest BCUT2D eigenvalue weighted by Gasteiger charge is -2.32. The highest BCUT2D eigenvalue weighted by Crippen LogP contribution is 2.36. The summed E-state index contributed by atoms with van der Waals surface area (Å²) in [6, 6.07) is 9.65. The van der Waals surface area contributed by atoms with Gasteiger partial charge in [0.15, 0.2) is 0 Å². The second-order valence-corrected chi connectivity index (χ2v) is 8.49. The molecular weight excluding hydrogens is 355 g/mol. The Hall–Kier alpha value is -1.47. The summed E-state index contributed by atoms with van der Waals surface area (Å²) < 4.78 is 12.1. The number of nitrogens with zero attached hydrogens (tertiary/aromatic N) is 2. The van der Waals surface area contributed by atoms with Crippen molar-refractivity contribution in [1.29, 1.82) is 0 Å². The molecule has 0 bridgehead atoms. The third kappa shape index (κ3) is 2.97. The van der Waals surface area contributed by atoms with E-state index in [-0.39, 0.29) is 11.2 Å². The Morgan fingerprint density at radius 1 is 1.00 bits per heavy atom. The van der Waals surface area contributed by atoms with E-state index in [0.717, 1.165) is 27.2 Å². The van der Waals surface area contributed by atoms with Crippen molar-refractivity contribution in [2.24, 2.45) is 0 Å². The second-order valence-electron chi connectivity index (χ2n) is 7.20. The average molecular weight is 373 g/mol. The number of benzene rings is 1. The minimum Gasteiger partial charge on any atom is -0.398 e. The summed E-state index contributed by atoms with van der Waals surface area (Å²) in [6.07, 6.45) is 0. The lowest BCUT2D eigenvalue weighted by Crippen LogP contribution is -2.41. The molecule has 1 fully saturated rings. The summed E-state index contributed by atoms with van der Waals surface area (Å²) >= 11 is 7.57. The predicted molar refractivity (Wildman–Crippen MR) is 104 cm³/mol. The van der Waals surface area contributed by atoms with Crippen LogP contribution in [-0.4, -0.2) is 28.3 Å². The highest BCUT2D eigenvalue weighted by atomic mass is 35.5. The molecule has 0 radical (unpaired) electrons. The van der Waals surface area contributed by atoms with Crippen molar-refractivity contribution in [2.75, 3.05) is 0 Å². The zero-order valence-electron chi connectivity index (χ0n) is 14.5. The van der Waals surface area contributed by atoms with E-state index in [0.29, 0.717) is 5.02 Å². The largest absolute Gasteiger partial charge is 0.515 e. The molecule has 2 aromatic heterocycles. The molecular formula is C18H18BClN2O2S. The number of thiazole rings is 1. The van der Waals surface area contributed by atoms with E-state index in [2.05, 4.69) is 0 Å². The minimum atomic E-state index is -0.450. The van der Waals surface area contributed by atoms with Gasteiger partial charge in [0, 0.05) is 15.8 Å². The van der Waals surface area contributed by atoms with Crippen molar-refractivity contribution >= 4 is 46.6 Å². The second kappa shape index (κ2) is 5.78. The van der Waals surface area contributed by atoms with Gasteiger partial charge in [-0.05, 0) is 52.0 Å². The van der Waals surface area contributed by atoms with Crippen molar-refractivity contribution in [3.63, 3.8) is 0 Å². The molecule has 0 unspecified atom stereocenters. The molecule has 128 valence electrons. The first-order valence-corrected chi connectivity index (χ1v) is 9.39. The third-order valence-corrected chi connectivity index (χ3v) is 6.01. The topological polar surface area (TPSA) is 44.2 Å². The van der Waals surface area contributed by atoms with Crippen LogP contribution in [0.25, 0.3) is 21.6 Å². The number of halogens is 1. The smallest absolute Gasteiger partial charge is 0.398 e. The molecule has 1 saturated heterocycles. The molecule has 25 heavy (non-hydrogen) atoms. The first-order chi connectivity index (χ1) is 11.7. The third-order valence-electron chi connectivity index (χ3n) is 4.89. The Labute approximate surface area is 156 Å². The summed E-state index contributed by atoms with van der Waals surface area (Å²) in [5, 5.41) is 4.55. The highest BCUT2D eigenvalue weighted by Gasteiger charge is 2.52. The van der Waals surface area contributed by atoms with Crippen LogP contribution in [0.4, 0.5) is 0 Å². The molecule has 0 N–H and O–H groups in total. The lowest BCUT2D eigenvalue weighted by atomic mass is 9.86. The summed E-state index contributed by atoms with van der Waals surface area (Å²) in [6.45, 7) is 8.15. The number of aromatic nitrogens is 2. The molecule has 0 saturated carbocycles. The fourth-order valence-corrected chi connectivity index (χ4v) is 3.66. The van der Waals surface area contributed by atoms with Crippen LogP contribution in [0.15, 0.2) is 35.7 Å². The Morgan fingerprint density at radius 2 is 1.72 bits per heavy atom. The fraction of sp³-hybridized carbons (Fsp3) is 0.333. The van der Waals surface area contributed by atoms with Crippen molar-refractivity contribution in [2.45, 2.75) is 38.9 Å². The molecule has 4 rings (SSSR count). The fourth-order valence-electron chi connectivity index (χ4n) is 2.69. The maximum absolute atomic E-state index is 6.07. The molecule has 0 atom stereocenters. The lowest BCUT2D eigenvalue weighted by molar-refractivity contribution is 0.00578. The van der Waals surface area contributed by atoms with Gasteiger partial charge in [0.25, 0.3) is 0 Å². The van der Waals surface area contributed by atoms with E-state index in [1.165, 1.54) is 0 Å². The van der Waals surface area contributed by atoms with Gasteiger partial charge in [0.2, 0.25) is 0 Å². The van der Waals surface area contributed by atoms with Crippen molar-refractivity contribution < 1.29 is 9.31 Å². The molecule has 1 aromatic carbocycles. The first kappa shape index (κ1) is 17.0. The zero-order chi connectivity index (χ0) is 17.8. The van der Waals surface area contributed by atoms with Crippen molar-refractivity contribution in [3.05, 3.63) is 40.7 Å². The van der Waals surface area contributed by atoms with E-state index in [9.17, 15) is 0 Å². The van der Waals surface area contributed by atoms with Gasteiger partial charge in [-0.1, -0.05) is 17.7 Å². The quantitative estimate of drug-likeness (QED) is 0.629. The monoisotopic (exact) mass is 372 g/mol. The summed E-state index contributed by atoms with van der Waals surface area (Å²) in [5.41, 5.74) is 1.78. The molecule has 4 nitrogen and oxygen atoms in total. The number of rotatable bonds is 2. The van der Waals surface area contributed by atoms with E-state index < -0.39 is 7.12 Å². The van der Waals surface area contributed by atoms with Gasteiger partial charge >= 0.3 is 7.12 Å². The predicted octanol–water partition coefficient (Wildman–Crippen LogP) is 4.31. The Bertz CT molecular complexity index is 941. The van der Waals surface area contributed by atoms with Gasteiger partial charge in [-0.25, -0.2) is 9.97 Å². The maximum Gasteiger partial charge on any atom is 0.515 e. The van der Waals surface area contributed by atoms with Gasteiger partial charge in [-0.2, -0.15) is 0 Å². The normalized spacial score (nSPS) is 18.8. The number of pyridine rings is 1. The Kier molecular flexibility index (Phi) is 3.92. The number of hydrogen-bond donors (Lipinski definition) is 0. The summed E-state index contributed by atoms with van der Waals surface area (Å²) in [7, 11) is -0.450. The van der Waals surface area contributed by atoms with Crippen LogP contribution in [-0.2, 0) is 9.31 Å². The molecule has 0 spiro atoms. The van der Waals surface area contributed by atoms with Crippen molar-refractivity contribution in [3.8, 4) is 10.7 Å².